The minimum Gasteiger partial charge on any atom is -0.340 e. The molecule has 0 atom stereocenters. The van der Waals surface area contributed by atoms with Gasteiger partial charge in [-0.15, -0.1) is 0 Å². The molecule has 0 aliphatic heterocycles. The molecule has 0 amide bonds. The van der Waals surface area contributed by atoms with Crippen LogP contribution in [0.4, 0.5) is 11.5 Å². The maximum absolute atomic E-state index is 13.6. The van der Waals surface area contributed by atoms with Crippen molar-refractivity contribution < 1.29 is 16.8 Å². The molecule has 0 aliphatic carbocycles. The summed E-state index contributed by atoms with van der Waals surface area (Å²) in [5.41, 5.74) is 2.72. The number of hydrogen-bond donors (Lipinski definition) is 1. The van der Waals surface area contributed by atoms with Gasteiger partial charge in [0.1, 0.15) is 11.3 Å². The minimum absolute atomic E-state index is 0.00660. The monoisotopic (exact) mass is 562 g/mol. The average Bonchev–Trinajstić information content (AvgIpc) is 3.34. The fourth-order valence-corrected chi connectivity index (χ4v) is 6.59. The van der Waals surface area contributed by atoms with Gasteiger partial charge in [-0.25, -0.2) is 25.8 Å². The highest BCUT2D eigenvalue weighted by molar-refractivity contribution is 7.90. The molecule has 39 heavy (non-hydrogen) atoms. The number of aryl methyl sites for hydroxylation is 2. The summed E-state index contributed by atoms with van der Waals surface area (Å²) in [7, 11) is -5.85. The number of rotatable bonds is 7. The Morgan fingerprint density at radius 1 is 0.923 bits per heavy atom. The molecule has 0 saturated carbocycles. The summed E-state index contributed by atoms with van der Waals surface area (Å²) in [6.45, 7) is 1.86. The van der Waals surface area contributed by atoms with Crippen molar-refractivity contribution in [3.8, 4) is 11.1 Å². The minimum atomic E-state index is -4.07. The van der Waals surface area contributed by atoms with E-state index in [0.717, 1.165) is 15.8 Å². The highest BCUT2D eigenvalue weighted by atomic mass is 32.2. The lowest BCUT2D eigenvalue weighted by Gasteiger charge is -2.16. The molecule has 1 N–H and O–H groups in total. The maximum Gasteiger partial charge on any atom is 0.275 e. The normalized spacial score (nSPS) is 12.1. The third-order valence-electron chi connectivity index (χ3n) is 6.30. The summed E-state index contributed by atoms with van der Waals surface area (Å²) in [6, 6.07) is 18.6. The first-order valence-corrected chi connectivity index (χ1v) is 15.5. The van der Waals surface area contributed by atoms with E-state index in [9.17, 15) is 21.6 Å². The molecule has 0 unspecified atom stereocenters. The molecule has 0 bridgehead atoms. The van der Waals surface area contributed by atoms with Crippen molar-refractivity contribution in [2.45, 2.75) is 17.6 Å². The van der Waals surface area contributed by atoms with Crippen LogP contribution in [-0.2, 0) is 32.7 Å². The third kappa shape index (κ3) is 5.23. The quantitative estimate of drug-likeness (QED) is 0.315. The van der Waals surface area contributed by atoms with Gasteiger partial charge in [-0.05, 0) is 55.0 Å². The Balaban J connectivity index is 1.76. The molecule has 0 aliphatic rings. The molecule has 5 rings (SSSR count). The zero-order valence-electron chi connectivity index (χ0n) is 21.5. The van der Waals surface area contributed by atoms with Crippen LogP contribution < -0.4 is 10.9 Å². The molecule has 2 aromatic carbocycles. The average molecular weight is 563 g/mol. The number of anilines is 2. The van der Waals surface area contributed by atoms with Crippen molar-refractivity contribution >= 4 is 42.3 Å². The number of sulfone groups is 1. The Morgan fingerprint density at radius 3 is 2.33 bits per heavy atom. The van der Waals surface area contributed by atoms with Crippen LogP contribution in [0.3, 0.4) is 0 Å². The van der Waals surface area contributed by atoms with E-state index in [0.29, 0.717) is 33.6 Å². The van der Waals surface area contributed by atoms with Crippen LogP contribution in [0.2, 0.25) is 0 Å². The zero-order valence-corrected chi connectivity index (χ0v) is 23.1. The van der Waals surface area contributed by atoms with Crippen molar-refractivity contribution in [1.82, 2.24) is 13.5 Å². The fraction of sp³-hybridized carbons (Fsp3) is 0.143. The van der Waals surface area contributed by atoms with E-state index in [1.54, 1.807) is 68.0 Å². The van der Waals surface area contributed by atoms with Crippen LogP contribution in [0.1, 0.15) is 11.1 Å². The Morgan fingerprint density at radius 2 is 1.67 bits per heavy atom. The van der Waals surface area contributed by atoms with Gasteiger partial charge < -0.3 is 9.88 Å². The molecule has 5 aromatic rings. The molecule has 200 valence electrons. The summed E-state index contributed by atoms with van der Waals surface area (Å²) < 4.78 is 53.6. The second kappa shape index (κ2) is 9.83. The molecular formula is C28H26N4O5S2. The van der Waals surface area contributed by atoms with Gasteiger partial charge >= 0.3 is 0 Å². The number of pyridine rings is 2. The van der Waals surface area contributed by atoms with Gasteiger partial charge in [0.05, 0.1) is 10.6 Å². The van der Waals surface area contributed by atoms with E-state index >= 15 is 0 Å². The Hall–Kier alpha value is -4.22. The zero-order chi connectivity index (χ0) is 27.9. The van der Waals surface area contributed by atoms with Gasteiger partial charge in [0, 0.05) is 54.1 Å². The van der Waals surface area contributed by atoms with Crippen LogP contribution in [0.25, 0.3) is 22.0 Å². The largest absolute Gasteiger partial charge is 0.340 e. The van der Waals surface area contributed by atoms with Gasteiger partial charge in [0.25, 0.3) is 15.6 Å². The van der Waals surface area contributed by atoms with E-state index in [1.165, 1.54) is 22.9 Å². The van der Waals surface area contributed by atoms with Gasteiger partial charge in [-0.1, -0.05) is 29.8 Å². The molecule has 3 heterocycles. The van der Waals surface area contributed by atoms with E-state index in [4.69, 9.17) is 0 Å². The molecule has 0 spiro atoms. The topological polar surface area (TPSA) is 120 Å². The standard InChI is InChI=1S/C28H26N4O5S2/c1-19-7-10-21(11-8-19)39(36,37)32-15-13-22-24(17-31(2)28(33)27(22)32)23-16-20(18-38(3,34)35)9-12-25(23)30-26-6-4-5-14-29-26/h4-17H,18H2,1-3H3,(H,29,30). The Labute approximate surface area is 226 Å². The summed E-state index contributed by atoms with van der Waals surface area (Å²) in [5.74, 6) is 0.386. The molecule has 9 nitrogen and oxygen atoms in total. The van der Waals surface area contributed by atoms with Crippen LogP contribution in [0.5, 0.6) is 0 Å². The van der Waals surface area contributed by atoms with Crippen LogP contribution in [0.15, 0.2) is 95.0 Å². The number of fused-ring (bicyclic) bond motifs is 1. The first-order chi connectivity index (χ1) is 18.4. The highest BCUT2D eigenvalue weighted by Gasteiger charge is 2.24. The lowest BCUT2D eigenvalue weighted by atomic mass is 9.99. The lowest BCUT2D eigenvalue weighted by molar-refractivity contribution is 0.588. The SMILES string of the molecule is Cc1ccc(S(=O)(=O)n2ccc3c(-c4cc(CS(C)(=O)=O)ccc4Nc4ccccn4)cn(C)c(=O)c32)cc1. The molecule has 0 saturated heterocycles. The number of aromatic nitrogens is 3. The van der Waals surface area contributed by atoms with Crippen molar-refractivity contribution in [1.29, 1.82) is 0 Å². The van der Waals surface area contributed by atoms with Gasteiger partial charge in [-0.3, -0.25) is 4.79 Å². The van der Waals surface area contributed by atoms with E-state index in [2.05, 4.69) is 10.3 Å². The Bertz CT molecular complexity index is 1980. The lowest BCUT2D eigenvalue weighted by Crippen LogP contribution is -2.22. The van der Waals surface area contributed by atoms with Gasteiger partial charge in [0.15, 0.2) is 9.84 Å². The van der Waals surface area contributed by atoms with Crippen molar-refractivity contribution in [3.63, 3.8) is 0 Å². The van der Waals surface area contributed by atoms with Crippen LogP contribution >= 0.6 is 0 Å². The van der Waals surface area contributed by atoms with Crippen molar-refractivity contribution in [2.24, 2.45) is 7.05 Å². The van der Waals surface area contributed by atoms with E-state index in [-0.39, 0.29) is 16.2 Å². The van der Waals surface area contributed by atoms with E-state index in [1.807, 2.05) is 13.0 Å². The van der Waals surface area contributed by atoms with E-state index < -0.39 is 25.4 Å². The summed E-state index contributed by atoms with van der Waals surface area (Å²) >= 11 is 0. The smallest absolute Gasteiger partial charge is 0.275 e. The second-order valence-corrected chi connectivity index (χ2v) is 13.4. The predicted molar refractivity (Wildman–Crippen MR) is 152 cm³/mol. The highest BCUT2D eigenvalue weighted by Crippen LogP contribution is 2.36. The van der Waals surface area contributed by atoms with Gasteiger partial charge in [0.2, 0.25) is 0 Å². The maximum atomic E-state index is 13.6. The van der Waals surface area contributed by atoms with Gasteiger partial charge in [-0.2, -0.15) is 0 Å². The summed E-state index contributed by atoms with van der Waals surface area (Å²) in [4.78, 5) is 17.7. The van der Waals surface area contributed by atoms with Crippen LogP contribution in [-0.4, -0.2) is 36.6 Å². The second-order valence-electron chi connectivity index (χ2n) is 9.44. The first-order valence-electron chi connectivity index (χ1n) is 12.0. The molecule has 0 fully saturated rings. The first kappa shape index (κ1) is 26.4. The van der Waals surface area contributed by atoms with Crippen LogP contribution in [0, 0.1) is 6.92 Å². The number of benzene rings is 2. The number of hydrogen-bond acceptors (Lipinski definition) is 7. The fourth-order valence-electron chi connectivity index (χ4n) is 4.46. The van der Waals surface area contributed by atoms with Crippen molar-refractivity contribution in [2.75, 3.05) is 11.6 Å². The number of nitrogens with zero attached hydrogens (tertiary/aromatic N) is 3. The summed E-state index contributed by atoms with van der Waals surface area (Å²) in [6.07, 6.45) is 5.79. The Kier molecular flexibility index (Phi) is 6.65. The molecule has 0 radical (unpaired) electrons. The molecular weight excluding hydrogens is 536 g/mol. The van der Waals surface area contributed by atoms with Crippen molar-refractivity contribution in [3.05, 3.63) is 107 Å². The molecule has 11 heteroatoms. The molecule has 3 aromatic heterocycles. The third-order valence-corrected chi connectivity index (χ3v) is 8.84. The summed E-state index contributed by atoms with van der Waals surface area (Å²) in [5, 5.41) is 3.67. The predicted octanol–water partition coefficient (Wildman–Crippen LogP) is 4.24. The number of nitrogens with one attached hydrogen (secondary N) is 1.